The summed E-state index contributed by atoms with van der Waals surface area (Å²) < 4.78 is 4.99. The van der Waals surface area contributed by atoms with Crippen LogP contribution in [-0.4, -0.2) is 40.8 Å². The van der Waals surface area contributed by atoms with E-state index in [2.05, 4.69) is 10.3 Å². The molecular formula is C19H21N3O4. The summed E-state index contributed by atoms with van der Waals surface area (Å²) in [6.07, 6.45) is 1.63. The Morgan fingerprint density at radius 3 is 2.50 bits per heavy atom. The van der Waals surface area contributed by atoms with Gasteiger partial charge in [-0.15, -0.1) is 0 Å². The lowest BCUT2D eigenvalue weighted by Gasteiger charge is -2.20. The van der Waals surface area contributed by atoms with E-state index in [-0.39, 0.29) is 31.2 Å². The topological polar surface area (TPSA) is 88.6 Å². The summed E-state index contributed by atoms with van der Waals surface area (Å²) in [4.78, 5) is 41.7. The second-order valence-corrected chi connectivity index (χ2v) is 5.51. The number of para-hydroxylation sites is 1. The molecule has 2 rings (SSSR count). The first-order chi connectivity index (χ1) is 12.5. The quantitative estimate of drug-likeness (QED) is 0.770. The van der Waals surface area contributed by atoms with Crippen molar-refractivity contribution < 1.29 is 19.1 Å². The molecule has 0 aliphatic heterocycles. The molecule has 1 aromatic heterocycles. The third-order valence-corrected chi connectivity index (χ3v) is 3.56. The Morgan fingerprint density at radius 2 is 1.85 bits per heavy atom. The molecule has 0 atom stereocenters. The largest absolute Gasteiger partial charge is 0.462 e. The highest BCUT2D eigenvalue weighted by Crippen LogP contribution is 2.16. The maximum absolute atomic E-state index is 12.4. The lowest BCUT2D eigenvalue weighted by Crippen LogP contribution is -2.36. The van der Waals surface area contributed by atoms with Gasteiger partial charge in [-0.1, -0.05) is 18.2 Å². The van der Waals surface area contributed by atoms with E-state index in [1.54, 1.807) is 49.5 Å². The van der Waals surface area contributed by atoms with Crippen LogP contribution in [0, 0.1) is 0 Å². The summed E-state index contributed by atoms with van der Waals surface area (Å²) in [6, 6.07) is 12.0. The summed E-state index contributed by atoms with van der Waals surface area (Å²) in [7, 11) is 0. The van der Waals surface area contributed by atoms with Gasteiger partial charge in [0.15, 0.2) is 0 Å². The Bertz CT molecular complexity index is 777. The number of rotatable bonds is 7. The van der Waals surface area contributed by atoms with Gasteiger partial charge < -0.3 is 15.0 Å². The van der Waals surface area contributed by atoms with E-state index in [9.17, 15) is 14.4 Å². The molecule has 0 aliphatic carbocycles. The summed E-state index contributed by atoms with van der Waals surface area (Å²) in [5, 5.41) is 2.67. The standard InChI is InChI=1S/C19H21N3O4/c1-3-26-19(25)16-9-4-5-10-17(16)21-18(24)13-22(14(2)23)12-15-8-6-7-11-20-15/h4-11H,3,12-13H2,1-2H3,(H,21,24). The molecule has 0 saturated carbocycles. The van der Waals surface area contributed by atoms with Gasteiger partial charge in [0.2, 0.25) is 11.8 Å². The number of aromatic nitrogens is 1. The van der Waals surface area contributed by atoms with E-state index in [0.29, 0.717) is 11.4 Å². The first-order valence-electron chi connectivity index (χ1n) is 8.22. The SMILES string of the molecule is CCOC(=O)c1ccccc1NC(=O)CN(Cc1ccccn1)C(C)=O. The smallest absolute Gasteiger partial charge is 0.340 e. The Labute approximate surface area is 152 Å². The summed E-state index contributed by atoms with van der Waals surface area (Å²) in [5.41, 5.74) is 1.29. The number of carbonyl (C=O) groups excluding carboxylic acids is 3. The normalized spacial score (nSPS) is 10.1. The molecule has 0 radical (unpaired) electrons. The van der Waals surface area contributed by atoms with Crippen LogP contribution in [0.5, 0.6) is 0 Å². The van der Waals surface area contributed by atoms with Crippen LogP contribution in [0.1, 0.15) is 29.9 Å². The minimum atomic E-state index is -0.514. The molecule has 0 fully saturated rings. The van der Waals surface area contributed by atoms with Gasteiger partial charge in [0.05, 0.1) is 30.1 Å². The number of nitrogens with one attached hydrogen (secondary N) is 1. The van der Waals surface area contributed by atoms with Crippen LogP contribution < -0.4 is 5.32 Å². The molecule has 1 N–H and O–H groups in total. The zero-order chi connectivity index (χ0) is 18.9. The molecule has 2 aromatic rings. The van der Waals surface area contributed by atoms with Crippen LogP contribution in [0.15, 0.2) is 48.7 Å². The number of esters is 1. The van der Waals surface area contributed by atoms with Gasteiger partial charge in [-0.2, -0.15) is 0 Å². The van der Waals surface area contributed by atoms with Gasteiger partial charge in [-0.3, -0.25) is 14.6 Å². The van der Waals surface area contributed by atoms with Crippen LogP contribution in [-0.2, 0) is 20.9 Å². The van der Waals surface area contributed by atoms with E-state index in [4.69, 9.17) is 4.74 Å². The van der Waals surface area contributed by atoms with Crippen LogP contribution in [0.3, 0.4) is 0 Å². The Balaban J connectivity index is 2.07. The first kappa shape index (κ1) is 19.1. The Hall–Kier alpha value is -3.22. The molecule has 0 bridgehead atoms. The summed E-state index contributed by atoms with van der Waals surface area (Å²) in [5.74, 6) is -1.17. The fourth-order valence-corrected chi connectivity index (χ4v) is 2.31. The number of carbonyl (C=O) groups is 3. The number of pyridine rings is 1. The van der Waals surface area contributed by atoms with Crippen LogP contribution in [0.4, 0.5) is 5.69 Å². The number of hydrogen-bond acceptors (Lipinski definition) is 5. The van der Waals surface area contributed by atoms with Gasteiger partial charge in [0.25, 0.3) is 0 Å². The summed E-state index contributed by atoms with van der Waals surface area (Å²) in [6.45, 7) is 3.42. The third-order valence-electron chi connectivity index (χ3n) is 3.56. The lowest BCUT2D eigenvalue weighted by atomic mass is 10.2. The second-order valence-electron chi connectivity index (χ2n) is 5.51. The van der Waals surface area contributed by atoms with E-state index in [1.165, 1.54) is 11.8 Å². The molecule has 1 heterocycles. The van der Waals surface area contributed by atoms with E-state index < -0.39 is 11.9 Å². The number of nitrogens with zero attached hydrogens (tertiary/aromatic N) is 2. The monoisotopic (exact) mass is 355 g/mol. The molecule has 136 valence electrons. The van der Waals surface area contributed by atoms with Crippen molar-refractivity contribution in [1.82, 2.24) is 9.88 Å². The van der Waals surface area contributed by atoms with Gasteiger partial charge in [0.1, 0.15) is 6.54 Å². The molecule has 26 heavy (non-hydrogen) atoms. The molecule has 2 amide bonds. The molecule has 0 spiro atoms. The zero-order valence-electron chi connectivity index (χ0n) is 14.8. The molecule has 1 aromatic carbocycles. The second kappa shape index (κ2) is 9.31. The third kappa shape index (κ3) is 5.41. The fraction of sp³-hybridized carbons (Fsp3) is 0.263. The van der Waals surface area contributed by atoms with E-state index in [0.717, 1.165) is 0 Å². The maximum atomic E-state index is 12.4. The van der Waals surface area contributed by atoms with Crippen LogP contribution in [0.2, 0.25) is 0 Å². The van der Waals surface area contributed by atoms with Crippen molar-refractivity contribution >= 4 is 23.5 Å². The highest BCUT2D eigenvalue weighted by Gasteiger charge is 2.18. The lowest BCUT2D eigenvalue weighted by molar-refractivity contribution is -0.133. The van der Waals surface area contributed by atoms with Crippen LogP contribution >= 0.6 is 0 Å². The fourth-order valence-electron chi connectivity index (χ4n) is 2.31. The number of hydrogen-bond donors (Lipinski definition) is 1. The van der Waals surface area contributed by atoms with Crippen molar-refractivity contribution in [3.63, 3.8) is 0 Å². The van der Waals surface area contributed by atoms with Gasteiger partial charge in [0, 0.05) is 13.1 Å². The van der Waals surface area contributed by atoms with Crippen molar-refractivity contribution in [3.8, 4) is 0 Å². The minimum absolute atomic E-state index is 0.150. The van der Waals surface area contributed by atoms with Crippen molar-refractivity contribution in [3.05, 3.63) is 59.9 Å². The predicted molar refractivity (Wildman–Crippen MR) is 96.4 cm³/mol. The van der Waals surface area contributed by atoms with E-state index >= 15 is 0 Å². The Morgan fingerprint density at radius 1 is 1.12 bits per heavy atom. The maximum Gasteiger partial charge on any atom is 0.340 e. The minimum Gasteiger partial charge on any atom is -0.462 e. The highest BCUT2D eigenvalue weighted by atomic mass is 16.5. The number of ether oxygens (including phenoxy) is 1. The molecule has 0 unspecified atom stereocenters. The molecule has 7 nitrogen and oxygen atoms in total. The van der Waals surface area contributed by atoms with Gasteiger partial charge in [-0.05, 0) is 31.2 Å². The number of anilines is 1. The van der Waals surface area contributed by atoms with Crippen molar-refractivity contribution in [1.29, 1.82) is 0 Å². The number of benzene rings is 1. The van der Waals surface area contributed by atoms with Crippen molar-refractivity contribution in [2.24, 2.45) is 0 Å². The molecule has 7 heteroatoms. The zero-order valence-corrected chi connectivity index (χ0v) is 14.8. The average molecular weight is 355 g/mol. The number of amides is 2. The van der Waals surface area contributed by atoms with Gasteiger partial charge >= 0.3 is 5.97 Å². The molecule has 0 saturated heterocycles. The molecular weight excluding hydrogens is 334 g/mol. The molecule has 0 aliphatic rings. The highest BCUT2D eigenvalue weighted by molar-refractivity contribution is 6.02. The Kier molecular flexibility index (Phi) is 6.84. The van der Waals surface area contributed by atoms with Crippen molar-refractivity contribution in [2.45, 2.75) is 20.4 Å². The van der Waals surface area contributed by atoms with Gasteiger partial charge in [-0.25, -0.2) is 4.79 Å². The predicted octanol–water partition coefficient (Wildman–Crippen LogP) is 2.25. The summed E-state index contributed by atoms with van der Waals surface area (Å²) >= 11 is 0. The van der Waals surface area contributed by atoms with E-state index in [1.807, 2.05) is 6.07 Å². The van der Waals surface area contributed by atoms with Crippen LogP contribution in [0.25, 0.3) is 0 Å². The average Bonchev–Trinajstić information content (AvgIpc) is 2.62. The van der Waals surface area contributed by atoms with Crippen molar-refractivity contribution in [2.75, 3.05) is 18.5 Å². The first-order valence-corrected chi connectivity index (χ1v) is 8.22.